The molecule has 0 atom stereocenters. The van der Waals surface area contributed by atoms with Gasteiger partial charge in [0.2, 0.25) is 0 Å². The molecule has 0 bridgehead atoms. The Morgan fingerprint density at radius 1 is 1.04 bits per heavy atom. The van der Waals surface area contributed by atoms with Gasteiger partial charge in [0.1, 0.15) is 11.5 Å². The van der Waals surface area contributed by atoms with Crippen molar-refractivity contribution in [1.29, 1.82) is 0 Å². The first-order valence-corrected chi connectivity index (χ1v) is 8.96. The Morgan fingerprint density at radius 2 is 1.93 bits per heavy atom. The zero-order valence-corrected chi connectivity index (χ0v) is 14.6. The van der Waals surface area contributed by atoms with Gasteiger partial charge in [0.05, 0.1) is 12.1 Å². The first kappa shape index (κ1) is 15.8. The molecule has 0 radical (unpaired) electrons. The average Bonchev–Trinajstić information content (AvgIpc) is 3.17. The molecule has 0 unspecified atom stereocenters. The van der Waals surface area contributed by atoms with E-state index in [9.17, 15) is 4.79 Å². The van der Waals surface area contributed by atoms with Gasteiger partial charge in [-0.2, -0.15) is 0 Å². The minimum atomic E-state index is 0.0200. The zero-order valence-electron chi connectivity index (χ0n) is 14.6. The topological polar surface area (TPSA) is 59.2 Å². The van der Waals surface area contributed by atoms with Crippen molar-refractivity contribution in [1.82, 2.24) is 15.0 Å². The summed E-state index contributed by atoms with van der Waals surface area (Å²) < 4.78 is 5.54. The summed E-state index contributed by atoms with van der Waals surface area (Å²) in [5, 5.41) is 5.22. The van der Waals surface area contributed by atoms with Crippen molar-refractivity contribution < 1.29 is 9.32 Å². The van der Waals surface area contributed by atoms with Gasteiger partial charge < -0.3 is 9.42 Å². The van der Waals surface area contributed by atoms with Gasteiger partial charge in [-0.3, -0.25) is 9.78 Å². The predicted octanol–water partition coefficient (Wildman–Crippen LogP) is 4.09. The van der Waals surface area contributed by atoms with Gasteiger partial charge in [0, 0.05) is 41.2 Å². The van der Waals surface area contributed by atoms with Crippen molar-refractivity contribution in [3.63, 3.8) is 0 Å². The monoisotopic (exact) mass is 355 g/mol. The Hall–Kier alpha value is -3.47. The van der Waals surface area contributed by atoms with E-state index in [-0.39, 0.29) is 5.91 Å². The fourth-order valence-electron chi connectivity index (χ4n) is 3.60. The molecule has 0 saturated heterocycles. The molecular formula is C22H17N3O2. The minimum Gasteiger partial charge on any atom is -0.360 e. The summed E-state index contributed by atoms with van der Waals surface area (Å²) in [5.41, 5.74) is 4.40. The summed E-state index contributed by atoms with van der Waals surface area (Å²) in [7, 11) is 0. The van der Waals surface area contributed by atoms with Gasteiger partial charge in [-0.1, -0.05) is 41.6 Å². The SMILES string of the molecule is O=C(c1ccc2ncccc2c1)N1CCc2onc(-c3ccccc3)c2C1. The molecule has 4 aromatic rings. The number of hydrogen-bond donors (Lipinski definition) is 0. The van der Waals surface area contributed by atoms with Gasteiger partial charge in [-0.25, -0.2) is 0 Å². The second-order valence-electron chi connectivity index (χ2n) is 6.69. The Labute approximate surface area is 156 Å². The van der Waals surface area contributed by atoms with Gasteiger partial charge in [-0.05, 0) is 24.3 Å². The highest BCUT2D eigenvalue weighted by Crippen LogP contribution is 2.30. The van der Waals surface area contributed by atoms with Crippen LogP contribution in [-0.2, 0) is 13.0 Å². The summed E-state index contributed by atoms with van der Waals surface area (Å²) in [4.78, 5) is 19.3. The maximum atomic E-state index is 13.1. The molecule has 2 aromatic heterocycles. The van der Waals surface area contributed by atoms with Crippen LogP contribution in [0.15, 0.2) is 71.4 Å². The number of carbonyl (C=O) groups excluding carboxylic acids is 1. The van der Waals surface area contributed by atoms with Crippen LogP contribution >= 0.6 is 0 Å². The van der Waals surface area contributed by atoms with E-state index in [2.05, 4.69) is 10.1 Å². The lowest BCUT2D eigenvalue weighted by Crippen LogP contribution is -2.35. The van der Waals surface area contributed by atoms with Crippen molar-refractivity contribution in [2.75, 3.05) is 6.54 Å². The molecule has 1 amide bonds. The van der Waals surface area contributed by atoms with Gasteiger partial charge >= 0.3 is 0 Å². The highest BCUT2D eigenvalue weighted by molar-refractivity contribution is 5.98. The van der Waals surface area contributed by atoms with Crippen LogP contribution in [0.5, 0.6) is 0 Å². The van der Waals surface area contributed by atoms with Crippen molar-refractivity contribution in [3.05, 3.63) is 83.7 Å². The van der Waals surface area contributed by atoms with E-state index in [0.717, 1.165) is 33.5 Å². The molecule has 0 N–H and O–H groups in total. The van der Waals surface area contributed by atoms with Crippen molar-refractivity contribution >= 4 is 16.8 Å². The number of amides is 1. The lowest BCUT2D eigenvalue weighted by molar-refractivity contribution is 0.0729. The van der Waals surface area contributed by atoms with Crippen LogP contribution in [0.2, 0.25) is 0 Å². The predicted molar refractivity (Wildman–Crippen MR) is 102 cm³/mol. The van der Waals surface area contributed by atoms with Crippen LogP contribution < -0.4 is 0 Å². The smallest absolute Gasteiger partial charge is 0.254 e. The van der Waals surface area contributed by atoms with Crippen molar-refractivity contribution in [3.8, 4) is 11.3 Å². The van der Waals surface area contributed by atoms with E-state index in [0.29, 0.717) is 25.1 Å². The molecule has 5 rings (SSSR count). The average molecular weight is 355 g/mol. The van der Waals surface area contributed by atoms with Crippen molar-refractivity contribution in [2.24, 2.45) is 0 Å². The quantitative estimate of drug-likeness (QED) is 0.543. The second-order valence-corrected chi connectivity index (χ2v) is 6.69. The van der Waals surface area contributed by atoms with E-state index in [1.54, 1.807) is 6.20 Å². The molecule has 5 heteroatoms. The Bertz CT molecular complexity index is 1130. The third-order valence-electron chi connectivity index (χ3n) is 5.01. The highest BCUT2D eigenvalue weighted by Gasteiger charge is 2.28. The third-order valence-corrected chi connectivity index (χ3v) is 5.01. The number of hydrogen-bond acceptors (Lipinski definition) is 4. The van der Waals surface area contributed by atoms with E-state index >= 15 is 0 Å². The molecule has 0 saturated carbocycles. The second kappa shape index (κ2) is 6.36. The summed E-state index contributed by atoms with van der Waals surface area (Å²) in [5.74, 6) is 0.896. The number of pyridine rings is 1. The molecule has 132 valence electrons. The largest absolute Gasteiger partial charge is 0.360 e. The summed E-state index contributed by atoms with van der Waals surface area (Å²) in [6.07, 6.45) is 2.43. The molecule has 0 aliphatic carbocycles. The van der Waals surface area contributed by atoms with E-state index in [1.807, 2.05) is 65.6 Å². The van der Waals surface area contributed by atoms with E-state index in [4.69, 9.17) is 4.52 Å². The number of benzene rings is 2. The van der Waals surface area contributed by atoms with E-state index in [1.165, 1.54) is 0 Å². The number of carbonyl (C=O) groups is 1. The number of fused-ring (bicyclic) bond motifs is 2. The van der Waals surface area contributed by atoms with Crippen LogP contribution in [-0.4, -0.2) is 27.5 Å². The normalized spacial score (nSPS) is 13.6. The Balaban J connectivity index is 1.46. The Morgan fingerprint density at radius 3 is 2.81 bits per heavy atom. The third kappa shape index (κ3) is 2.77. The summed E-state index contributed by atoms with van der Waals surface area (Å²) in [6.45, 7) is 1.13. The Kier molecular flexibility index (Phi) is 3.71. The molecule has 5 nitrogen and oxygen atoms in total. The fraction of sp³-hybridized carbons (Fsp3) is 0.136. The number of rotatable bonds is 2. The van der Waals surface area contributed by atoms with Crippen LogP contribution in [0.25, 0.3) is 22.2 Å². The molecule has 2 aromatic carbocycles. The van der Waals surface area contributed by atoms with Gasteiger partial charge in [-0.15, -0.1) is 0 Å². The maximum absolute atomic E-state index is 13.1. The van der Waals surface area contributed by atoms with Gasteiger partial charge in [0.15, 0.2) is 0 Å². The molecule has 1 aliphatic heterocycles. The first-order valence-electron chi connectivity index (χ1n) is 8.96. The molecular weight excluding hydrogens is 338 g/mol. The summed E-state index contributed by atoms with van der Waals surface area (Å²) in [6, 6.07) is 19.5. The zero-order chi connectivity index (χ0) is 18.2. The summed E-state index contributed by atoms with van der Waals surface area (Å²) >= 11 is 0. The number of nitrogens with zero attached hydrogens (tertiary/aromatic N) is 3. The first-order chi connectivity index (χ1) is 13.3. The lowest BCUT2D eigenvalue weighted by Gasteiger charge is -2.26. The lowest BCUT2D eigenvalue weighted by atomic mass is 10.0. The van der Waals surface area contributed by atoms with Crippen LogP contribution in [0.4, 0.5) is 0 Å². The minimum absolute atomic E-state index is 0.0200. The van der Waals surface area contributed by atoms with E-state index < -0.39 is 0 Å². The fourth-order valence-corrected chi connectivity index (χ4v) is 3.60. The van der Waals surface area contributed by atoms with Crippen LogP contribution in [0, 0.1) is 0 Å². The standard InChI is InChI=1S/C22H17N3O2/c26-22(17-8-9-19-16(13-17)7-4-11-23-19)25-12-10-20-18(14-25)21(24-27-20)15-5-2-1-3-6-15/h1-9,11,13H,10,12,14H2. The van der Waals surface area contributed by atoms with Crippen LogP contribution in [0.3, 0.4) is 0 Å². The van der Waals surface area contributed by atoms with Gasteiger partial charge in [0.25, 0.3) is 5.91 Å². The molecule has 3 heterocycles. The maximum Gasteiger partial charge on any atom is 0.254 e. The molecule has 1 aliphatic rings. The highest BCUT2D eigenvalue weighted by atomic mass is 16.5. The number of aromatic nitrogens is 2. The molecule has 0 fully saturated rings. The molecule has 27 heavy (non-hydrogen) atoms. The van der Waals surface area contributed by atoms with Crippen molar-refractivity contribution in [2.45, 2.75) is 13.0 Å². The molecule has 0 spiro atoms. The van der Waals surface area contributed by atoms with Crippen LogP contribution in [0.1, 0.15) is 21.7 Å².